The van der Waals surface area contributed by atoms with E-state index in [4.69, 9.17) is 4.74 Å². The first-order valence-corrected chi connectivity index (χ1v) is 9.53. The van der Waals surface area contributed by atoms with Crippen molar-refractivity contribution in [1.29, 1.82) is 0 Å². The van der Waals surface area contributed by atoms with Gasteiger partial charge in [-0.25, -0.2) is 4.98 Å². The van der Waals surface area contributed by atoms with Crippen LogP contribution in [0.3, 0.4) is 0 Å². The molecule has 7 heteroatoms. The lowest BCUT2D eigenvalue weighted by Crippen LogP contribution is -2.43. The number of amides is 1. The van der Waals surface area contributed by atoms with Crippen molar-refractivity contribution in [2.45, 2.75) is 38.8 Å². The van der Waals surface area contributed by atoms with E-state index in [2.05, 4.69) is 17.0 Å². The molecule has 0 bridgehead atoms. The standard InChI is InChI=1S/C17H22N4O2S/c1-2-21-16-13(7-19-21)5-6-20(17(22)14-10-24-11-18-14)15(16)9-23-8-12-3-4-12/h7,10-12,15H,2-6,8-9H2,1H3. The zero-order chi connectivity index (χ0) is 16.5. The summed E-state index contributed by atoms with van der Waals surface area (Å²) in [6.07, 6.45) is 5.32. The molecular weight excluding hydrogens is 324 g/mol. The molecule has 2 aromatic heterocycles. The molecule has 1 fully saturated rings. The van der Waals surface area contributed by atoms with Gasteiger partial charge < -0.3 is 9.64 Å². The molecular formula is C17H22N4O2S. The number of thiazole rings is 1. The van der Waals surface area contributed by atoms with Gasteiger partial charge in [0, 0.05) is 25.1 Å². The lowest BCUT2D eigenvalue weighted by atomic mass is 9.99. The molecule has 0 spiro atoms. The Morgan fingerprint density at radius 3 is 3.00 bits per heavy atom. The molecule has 2 aliphatic rings. The van der Waals surface area contributed by atoms with Crippen molar-refractivity contribution >= 4 is 17.2 Å². The Balaban J connectivity index is 1.60. The molecule has 4 rings (SSSR count). The van der Waals surface area contributed by atoms with Gasteiger partial charge >= 0.3 is 0 Å². The number of aryl methyl sites for hydroxylation is 1. The first-order valence-electron chi connectivity index (χ1n) is 8.59. The Labute approximate surface area is 145 Å². The average molecular weight is 346 g/mol. The lowest BCUT2D eigenvalue weighted by Gasteiger charge is -2.36. The monoisotopic (exact) mass is 346 g/mol. The van der Waals surface area contributed by atoms with Crippen LogP contribution in [0, 0.1) is 5.92 Å². The topological polar surface area (TPSA) is 60.2 Å². The Morgan fingerprint density at radius 1 is 1.42 bits per heavy atom. The van der Waals surface area contributed by atoms with Crippen LogP contribution in [0.5, 0.6) is 0 Å². The molecule has 1 atom stereocenters. The second-order valence-electron chi connectivity index (χ2n) is 6.49. The van der Waals surface area contributed by atoms with Gasteiger partial charge in [-0.15, -0.1) is 11.3 Å². The smallest absolute Gasteiger partial charge is 0.273 e. The first kappa shape index (κ1) is 15.8. The highest BCUT2D eigenvalue weighted by molar-refractivity contribution is 7.07. The second-order valence-corrected chi connectivity index (χ2v) is 7.21. The van der Waals surface area contributed by atoms with E-state index in [9.17, 15) is 4.79 Å². The average Bonchev–Trinajstić information content (AvgIpc) is 3.11. The first-order chi connectivity index (χ1) is 11.8. The highest BCUT2D eigenvalue weighted by Gasteiger charge is 2.35. The third kappa shape index (κ3) is 2.98. The van der Waals surface area contributed by atoms with Crippen LogP contribution in [-0.4, -0.2) is 45.3 Å². The minimum atomic E-state index is -0.0795. The van der Waals surface area contributed by atoms with E-state index in [1.54, 1.807) is 5.51 Å². The number of ether oxygens (including phenoxy) is 1. The van der Waals surface area contributed by atoms with E-state index >= 15 is 0 Å². The van der Waals surface area contributed by atoms with E-state index in [0.717, 1.165) is 25.3 Å². The maximum absolute atomic E-state index is 12.9. The van der Waals surface area contributed by atoms with Gasteiger partial charge in [-0.05, 0) is 37.7 Å². The summed E-state index contributed by atoms with van der Waals surface area (Å²) in [5.74, 6) is 0.706. The van der Waals surface area contributed by atoms with Gasteiger partial charge in [0.2, 0.25) is 0 Å². The molecule has 6 nitrogen and oxygen atoms in total. The summed E-state index contributed by atoms with van der Waals surface area (Å²) in [7, 11) is 0. The maximum Gasteiger partial charge on any atom is 0.273 e. The number of carbonyl (C=O) groups is 1. The van der Waals surface area contributed by atoms with Gasteiger partial charge in [0.15, 0.2) is 0 Å². The van der Waals surface area contributed by atoms with E-state index in [0.29, 0.717) is 24.8 Å². The van der Waals surface area contributed by atoms with E-state index in [1.807, 2.05) is 21.2 Å². The second kappa shape index (κ2) is 6.64. The van der Waals surface area contributed by atoms with Crippen molar-refractivity contribution in [2.24, 2.45) is 5.92 Å². The maximum atomic E-state index is 12.9. The summed E-state index contributed by atoms with van der Waals surface area (Å²) in [6, 6.07) is -0.0795. The number of hydrogen-bond acceptors (Lipinski definition) is 5. The third-order valence-electron chi connectivity index (χ3n) is 4.81. The number of fused-ring (bicyclic) bond motifs is 1. The van der Waals surface area contributed by atoms with Gasteiger partial charge in [-0.2, -0.15) is 5.10 Å². The van der Waals surface area contributed by atoms with Crippen LogP contribution in [0.4, 0.5) is 0 Å². The van der Waals surface area contributed by atoms with Crippen molar-refractivity contribution in [1.82, 2.24) is 19.7 Å². The quantitative estimate of drug-likeness (QED) is 0.806. The molecule has 0 saturated heterocycles. The lowest BCUT2D eigenvalue weighted by molar-refractivity contribution is 0.0342. The van der Waals surface area contributed by atoms with Gasteiger partial charge in [0.25, 0.3) is 5.91 Å². The van der Waals surface area contributed by atoms with Gasteiger partial charge in [0.05, 0.1) is 30.1 Å². The Hall–Kier alpha value is -1.73. The molecule has 1 aliphatic carbocycles. The van der Waals surface area contributed by atoms with Crippen LogP contribution in [0.25, 0.3) is 0 Å². The Morgan fingerprint density at radius 2 is 2.29 bits per heavy atom. The summed E-state index contributed by atoms with van der Waals surface area (Å²) in [5.41, 5.74) is 4.60. The normalized spacial score (nSPS) is 20.2. The van der Waals surface area contributed by atoms with E-state index in [-0.39, 0.29) is 11.9 Å². The number of hydrogen-bond donors (Lipinski definition) is 0. The fraction of sp³-hybridized carbons (Fsp3) is 0.588. The summed E-state index contributed by atoms with van der Waals surface area (Å²) < 4.78 is 7.97. The molecule has 2 aromatic rings. The summed E-state index contributed by atoms with van der Waals surface area (Å²) >= 11 is 1.45. The highest BCUT2D eigenvalue weighted by Crippen LogP contribution is 2.33. The van der Waals surface area contributed by atoms with Gasteiger partial charge in [-0.1, -0.05) is 0 Å². The van der Waals surface area contributed by atoms with Gasteiger partial charge in [0.1, 0.15) is 5.69 Å². The molecule has 24 heavy (non-hydrogen) atoms. The minimum absolute atomic E-state index is 0.00854. The van der Waals surface area contributed by atoms with Crippen LogP contribution < -0.4 is 0 Å². The van der Waals surface area contributed by atoms with Gasteiger partial charge in [-0.3, -0.25) is 9.48 Å². The zero-order valence-corrected chi connectivity index (χ0v) is 14.7. The number of nitrogens with zero attached hydrogens (tertiary/aromatic N) is 4. The molecule has 1 saturated carbocycles. The molecule has 128 valence electrons. The fourth-order valence-corrected chi connectivity index (χ4v) is 3.84. The Kier molecular flexibility index (Phi) is 4.37. The van der Waals surface area contributed by atoms with Crippen molar-refractivity contribution < 1.29 is 9.53 Å². The summed E-state index contributed by atoms with van der Waals surface area (Å²) in [4.78, 5) is 19.0. The van der Waals surface area contributed by atoms with Crippen LogP contribution in [0.15, 0.2) is 17.1 Å². The molecule has 1 aliphatic heterocycles. The van der Waals surface area contributed by atoms with Crippen LogP contribution in [-0.2, 0) is 17.7 Å². The largest absolute Gasteiger partial charge is 0.379 e. The number of aromatic nitrogens is 3. The third-order valence-corrected chi connectivity index (χ3v) is 5.40. The molecule has 1 amide bonds. The van der Waals surface area contributed by atoms with Crippen molar-refractivity contribution in [3.8, 4) is 0 Å². The zero-order valence-electron chi connectivity index (χ0n) is 13.9. The summed E-state index contributed by atoms with van der Waals surface area (Å²) in [6.45, 7) is 4.90. The number of rotatable bonds is 6. The fourth-order valence-electron chi connectivity index (χ4n) is 3.32. The van der Waals surface area contributed by atoms with Crippen LogP contribution >= 0.6 is 11.3 Å². The molecule has 0 aromatic carbocycles. The molecule has 1 unspecified atom stereocenters. The van der Waals surface area contributed by atoms with Crippen LogP contribution in [0.2, 0.25) is 0 Å². The minimum Gasteiger partial charge on any atom is -0.379 e. The van der Waals surface area contributed by atoms with Crippen molar-refractivity contribution in [2.75, 3.05) is 19.8 Å². The molecule has 0 radical (unpaired) electrons. The summed E-state index contributed by atoms with van der Waals surface area (Å²) in [5, 5.41) is 6.30. The number of carbonyl (C=O) groups excluding carboxylic acids is 1. The predicted molar refractivity (Wildman–Crippen MR) is 91.0 cm³/mol. The van der Waals surface area contributed by atoms with Crippen molar-refractivity contribution in [3.05, 3.63) is 34.0 Å². The highest BCUT2D eigenvalue weighted by atomic mass is 32.1. The molecule has 0 N–H and O–H groups in total. The predicted octanol–water partition coefficient (Wildman–Crippen LogP) is 2.53. The van der Waals surface area contributed by atoms with E-state index < -0.39 is 0 Å². The van der Waals surface area contributed by atoms with E-state index in [1.165, 1.54) is 29.7 Å². The Bertz CT molecular complexity index is 695. The SMILES string of the molecule is CCn1ncc2c1C(COCC1CC1)N(C(=O)c1cscn1)CC2. The van der Waals surface area contributed by atoms with Crippen LogP contribution in [0.1, 0.15) is 47.6 Å². The van der Waals surface area contributed by atoms with Crippen molar-refractivity contribution in [3.63, 3.8) is 0 Å². The molecule has 3 heterocycles.